The van der Waals surface area contributed by atoms with E-state index in [1.807, 2.05) is 6.92 Å². The molecule has 1 heterocycles. The summed E-state index contributed by atoms with van der Waals surface area (Å²) in [4.78, 5) is 28.1. The van der Waals surface area contributed by atoms with Crippen LogP contribution >= 0.6 is 11.3 Å². The fourth-order valence-electron chi connectivity index (χ4n) is 2.48. The van der Waals surface area contributed by atoms with Gasteiger partial charge in [-0.25, -0.2) is 9.78 Å². The third-order valence-corrected chi connectivity index (χ3v) is 4.61. The van der Waals surface area contributed by atoms with Gasteiger partial charge in [0, 0.05) is 17.6 Å². The molecule has 1 aromatic heterocycles. The van der Waals surface area contributed by atoms with Crippen molar-refractivity contribution >= 4 is 23.3 Å². The van der Waals surface area contributed by atoms with Crippen LogP contribution in [0, 0.1) is 12.3 Å². The second-order valence-electron chi connectivity index (χ2n) is 5.17. The molecule has 20 heavy (non-hydrogen) atoms. The van der Waals surface area contributed by atoms with Gasteiger partial charge in [-0.2, -0.15) is 0 Å². The number of carbonyl (C=O) groups is 2. The van der Waals surface area contributed by atoms with E-state index in [-0.39, 0.29) is 12.6 Å². The Hall–Kier alpha value is -1.63. The van der Waals surface area contributed by atoms with Gasteiger partial charge in [-0.05, 0) is 19.8 Å². The number of nitrogens with one attached hydrogen (secondary N) is 2. The minimum absolute atomic E-state index is 0.190. The molecule has 1 fully saturated rings. The van der Waals surface area contributed by atoms with E-state index in [9.17, 15) is 14.7 Å². The van der Waals surface area contributed by atoms with Gasteiger partial charge in [-0.3, -0.25) is 4.79 Å². The van der Waals surface area contributed by atoms with Crippen molar-refractivity contribution in [3.8, 4) is 0 Å². The molecule has 1 saturated carbocycles. The minimum Gasteiger partial charge on any atom is -0.481 e. The predicted molar refractivity (Wildman–Crippen MR) is 75.6 cm³/mol. The van der Waals surface area contributed by atoms with Gasteiger partial charge < -0.3 is 15.7 Å². The van der Waals surface area contributed by atoms with Gasteiger partial charge in [-0.15, -0.1) is 11.3 Å². The van der Waals surface area contributed by atoms with Crippen LogP contribution in [0.25, 0.3) is 0 Å². The Kier molecular flexibility index (Phi) is 4.59. The van der Waals surface area contributed by atoms with Crippen molar-refractivity contribution in [1.29, 1.82) is 0 Å². The molecule has 1 aliphatic rings. The van der Waals surface area contributed by atoms with Crippen molar-refractivity contribution in [2.75, 3.05) is 6.54 Å². The molecule has 3 N–H and O–H groups in total. The fraction of sp³-hybridized carbons (Fsp3) is 0.615. The Morgan fingerprint density at radius 1 is 1.40 bits per heavy atom. The molecule has 0 aliphatic heterocycles. The molecule has 1 aliphatic carbocycles. The summed E-state index contributed by atoms with van der Waals surface area (Å²) >= 11 is 1.53. The lowest BCUT2D eigenvalue weighted by Gasteiger charge is -2.23. The number of aliphatic carboxylic acids is 1. The van der Waals surface area contributed by atoms with E-state index in [2.05, 4.69) is 15.6 Å². The van der Waals surface area contributed by atoms with Crippen LogP contribution in [0.1, 0.15) is 35.6 Å². The average molecular weight is 297 g/mol. The number of hydrogen-bond acceptors (Lipinski definition) is 4. The molecule has 1 aromatic rings. The van der Waals surface area contributed by atoms with E-state index in [0.29, 0.717) is 19.4 Å². The summed E-state index contributed by atoms with van der Waals surface area (Å²) in [6.07, 6.45) is 4.83. The summed E-state index contributed by atoms with van der Waals surface area (Å²) in [7, 11) is 0. The Balaban J connectivity index is 1.78. The highest BCUT2D eigenvalue weighted by Gasteiger charge is 2.41. The lowest BCUT2D eigenvalue weighted by molar-refractivity contribution is -0.148. The summed E-state index contributed by atoms with van der Waals surface area (Å²) in [5, 5.41) is 15.7. The van der Waals surface area contributed by atoms with Crippen LogP contribution in [-0.2, 0) is 11.3 Å². The second-order valence-corrected chi connectivity index (χ2v) is 6.49. The van der Waals surface area contributed by atoms with Gasteiger partial charge in [-0.1, -0.05) is 12.8 Å². The summed E-state index contributed by atoms with van der Waals surface area (Å²) in [6.45, 7) is 2.51. The third-order valence-electron chi connectivity index (χ3n) is 3.69. The number of rotatable bonds is 5. The SMILES string of the molecule is Cc1ncc(CNC(=O)NCC2(C(=O)O)CCCC2)s1. The van der Waals surface area contributed by atoms with Crippen LogP contribution in [0.4, 0.5) is 4.79 Å². The van der Waals surface area contributed by atoms with Crippen LogP contribution in [-0.4, -0.2) is 28.6 Å². The highest BCUT2D eigenvalue weighted by atomic mass is 32.1. The van der Waals surface area contributed by atoms with E-state index < -0.39 is 11.4 Å². The summed E-state index contributed by atoms with van der Waals surface area (Å²) in [5.41, 5.74) is -0.779. The number of carboxylic acid groups (broad SMARTS) is 1. The number of nitrogens with zero attached hydrogens (tertiary/aromatic N) is 1. The van der Waals surface area contributed by atoms with Gasteiger partial charge in [0.2, 0.25) is 0 Å². The molecule has 0 saturated heterocycles. The molecule has 2 amide bonds. The number of urea groups is 1. The molecule has 7 heteroatoms. The highest BCUT2D eigenvalue weighted by Crippen LogP contribution is 2.37. The third kappa shape index (κ3) is 3.47. The van der Waals surface area contributed by atoms with Gasteiger partial charge in [0.1, 0.15) is 0 Å². The molecular weight excluding hydrogens is 278 g/mol. The first-order chi connectivity index (χ1) is 9.52. The zero-order valence-corrected chi connectivity index (χ0v) is 12.3. The number of aromatic nitrogens is 1. The topological polar surface area (TPSA) is 91.3 Å². The smallest absolute Gasteiger partial charge is 0.315 e. The van der Waals surface area contributed by atoms with Crippen LogP contribution in [0.2, 0.25) is 0 Å². The number of thiazole rings is 1. The summed E-state index contributed by atoms with van der Waals surface area (Å²) in [6, 6.07) is -0.330. The number of amides is 2. The van der Waals surface area contributed by atoms with E-state index in [4.69, 9.17) is 0 Å². The molecule has 0 aromatic carbocycles. The van der Waals surface area contributed by atoms with Gasteiger partial charge in [0.15, 0.2) is 0 Å². The van der Waals surface area contributed by atoms with Crippen molar-refractivity contribution in [2.45, 2.75) is 39.2 Å². The first-order valence-electron chi connectivity index (χ1n) is 6.68. The Labute approximate surface area is 121 Å². The Morgan fingerprint density at radius 2 is 2.10 bits per heavy atom. The number of aryl methyl sites for hydroxylation is 1. The van der Waals surface area contributed by atoms with E-state index >= 15 is 0 Å². The summed E-state index contributed by atoms with van der Waals surface area (Å²) in [5.74, 6) is -0.812. The molecule has 6 nitrogen and oxygen atoms in total. The van der Waals surface area contributed by atoms with Crippen molar-refractivity contribution in [3.05, 3.63) is 16.1 Å². The molecule has 0 radical (unpaired) electrons. The maximum atomic E-state index is 11.7. The van der Waals surface area contributed by atoms with Gasteiger partial charge in [0.25, 0.3) is 0 Å². The normalized spacial score (nSPS) is 16.9. The van der Waals surface area contributed by atoms with Crippen molar-refractivity contribution in [1.82, 2.24) is 15.6 Å². The predicted octanol–water partition coefficient (Wildman–Crippen LogP) is 1.90. The molecular formula is C13H19N3O3S. The molecule has 0 atom stereocenters. The van der Waals surface area contributed by atoms with Crippen LogP contribution < -0.4 is 10.6 Å². The lowest BCUT2D eigenvalue weighted by Crippen LogP contribution is -2.44. The van der Waals surface area contributed by atoms with E-state index in [1.165, 1.54) is 11.3 Å². The molecule has 0 bridgehead atoms. The standard InChI is InChI=1S/C13H19N3O3S/c1-9-14-6-10(20-9)7-15-12(19)16-8-13(11(17)18)4-2-3-5-13/h6H,2-5,7-8H2,1H3,(H,17,18)(H2,15,16,19). The molecule has 0 spiro atoms. The monoisotopic (exact) mass is 297 g/mol. The summed E-state index contributed by atoms with van der Waals surface area (Å²) < 4.78 is 0. The van der Waals surface area contributed by atoms with E-state index in [0.717, 1.165) is 22.7 Å². The van der Waals surface area contributed by atoms with Gasteiger partial charge in [0.05, 0.1) is 17.0 Å². The zero-order chi connectivity index (χ0) is 14.6. The Bertz CT molecular complexity index is 495. The average Bonchev–Trinajstić information content (AvgIpc) is 3.03. The zero-order valence-electron chi connectivity index (χ0n) is 11.4. The Morgan fingerprint density at radius 3 is 2.65 bits per heavy atom. The number of carbonyl (C=O) groups excluding carboxylic acids is 1. The maximum Gasteiger partial charge on any atom is 0.315 e. The van der Waals surface area contributed by atoms with Gasteiger partial charge >= 0.3 is 12.0 Å². The maximum absolute atomic E-state index is 11.7. The number of hydrogen-bond donors (Lipinski definition) is 3. The van der Waals surface area contributed by atoms with E-state index in [1.54, 1.807) is 6.20 Å². The molecule has 0 unspecified atom stereocenters. The van der Waals surface area contributed by atoms with Crippen LogP contribution in [0.15, 0.2) is 6.20 Å². The van der Waals surface area contributed by atoms with Crippen molar-refractivity contribution in [2.24, 2.45) is 5.41 Å². The first-order valence-corrected chi connectivity index (χ1v) is 7.50. The first kappa shape index (κ1) is 14.8. The second kappa shape index (κ2) is 6.21. The van der Waals surface area contributed by atoms with Crippen LogP contribution in [0.5, 0.6) is 0 Å². The van der Waals surface area contributed by atoms with Crippen molar-refractivity contribution in [3.63, 3.8) is 0 Å². The fourth-order valence-corrected chi connectivity index (χ4v) is 3.22. The largest absolute Gasteiger partial charge is 0.481 e. The van der Waals surface area contributed by atoms with Crippen molar-refractivity contribution < 1.29 is 14.7 Å². The quantitative estimate of drug-likeness (QED) is 0.774. The molecule has 110 valence electrons. The highest BCUT2D eigenvalue weighted by molar-refractivity contribution is 7.11. The van der Waals surface area contributed by atoms with Crippen LogP contribution in [0.3, 0.4) is 0 Å². The molecule has 2 rings (SSSR count). The minimum atomic E-state index is -0.812. The number of carboxylic acids is 1. The lowest BCUT2D eigenvalue weighted by atomic mass is 9.86.